The topological polar surface area (TPSA) is 108 Å². The van der Waals surface area contributed by atoms with Crippen molar-refractivity contribution in [1.82, 2.24) is 15.5 Å². The number of carbonyl (C=O) groups excluding carboxylic acids is 3. The maximum atomic E-state index is 14.2. The summed E-state index contributed by atoms with van der Waals surface area (Å²) in [6.45, 7) is 11.0. The Hall–Kier alpha value is -2.77. The van der Waals surface area contributed by atoms with Crippen molar-refractivity contribution in [2.24, 2.45) is 5.92 Å². The van der Waals surface area contributed by atoms with E-state index in [1.54, 1.807) is 50.8 Å². The van der Waals surface area contributed by atoms with Gasteiger partial charge in [0.1, 0.15) is 23.4 Å². The molecule has 0 spiro atoms. The number of benzene rings is 1. The zero-order valence-electron chi connectivity index (χ0n) is 23.3. The van der Waals surface area contributed by atoms with E-state index >= 15 is 0 Å². The predicted molar refractivity (Wildman–Crippen MR) is 143 cm³/mol. The van der Waals surface area contributed by atoms with E-state index in [9.17, 15) is 19.5 Å². The molecule has 2 aliphatic rings. The van der Waals surface area contributed by atoms with Gasteiger partial charge in [0.25, 0.3) is 0 Å². The molecule has 3 amide bonds. The molecule has 3 rings (SSSR count). The number of phenols is 1. The Morgan fingerprint density at radius 3 is 2.30 bits per heavy atom. The van der Waals surface area contributed by atoms with Gasteiger partial charge < -0.3 is 25.4 Å². The van der Waals surface area contributed by atoms with Gasteiger partial charge in [-0.15, -0.1) is 0 Å². The molecular weight excluding hydrogens is 470 g/mol. The molecule has 1 aromatic carbocycles. The van der Waals surface area contributed by atoms with Gasteiger partial charge in [0.2, 0.25) is 11.8 Å². The molecule has 8 nitrogen and oxygen atoms in total. The number of aromatic hydroxyl groups is 1. The van der Waals surface area contributed by atoms with Crippen molar-refractivity contribution < 1.29 is 24.2 Å². The molecule has 2 aliphatic carbocycles. The Bertz CT molecular complexity index is 963. The van der Waals surface area contributed by atoms with Gasteiger partial charge in [0.15, 0.2) is 0 Å². The van der Waals surface area contributed by atoms with Gasteiger partial charge in [-0.25, -0.2) is 4.79 Å². The first-order chi connectivity index (χ1) is 17.4. The molecule has 37 heavy (non-hydrogen) atoms. The van der Waals surface area contributed by atoms with Crippen LogP contribution in [0.3, 0.4) is 0 Å². The number of aryl methyl sites for hydroxylation is 1. The molecule has 1 aromatic rings. The van der Waals surface area contributed by atoms with Crippen molar-refractivity contribution in [2.75, 3.05) is 0 Å². The number of alkyl carbamates (subject to hydrolysis) is 1. The minimum absolute atomic E-state index is 0.0865. The maximum Gasteiger partial charge on any atom is 0.408 e. The summed E-state index contributed by atoms with van der Waals surface area (Å²) in [6, 6.07) is 3.39. The van der Waals surface area contributed by atoms with Gasteiger partial charge in [-0.3, -0.25) is 9.59 Å². The molecule has 8 heteroatoms. The third-order valence-electron chi connectivity index (χ3n) is 7.36. The highest BCUT2D eigenvalue weighted by Gasteiger charge is 2.45. The highest BCUT2D eigenvalue weighted by Crippen LogP contribution is 2.37. The quantitative estimate of drug-likeness (QED) is 0.423. The number of rotatable bonds is 9. The second-order valence-corrected chi connectivity index (χ2v) is 11.8. The molecule has 0 aliphatic heterocycles. The van der Waals surface area contributed by atoms with Crippen molar-refractivity contribution in [1.29, 1.82) is 0 Å². The smallest absolute Gasteiger partial charge is 0.408 e. The summed E-state index contributed by atoms with van der Waals surface area (Å²) in [5.74, 6) is -0.511. The van der Waals surface area contributed by atoms with E-state index in [0.717, 1.165) is 38.5 Å². The summed E-state index contributed by atoms with van der Waals surface area (Å²) in [5, 5.41) is 16.2. The molecular formula is C29H45N3O5. The molecule has 0 saturated heterocycles. The van der Waals surface area contributed by atoms with Crippen LogP contribution < -0.4 is 10.6 Å². The number of hydrogen-bond acceptors (Lipinski definition) is 5. The van der Waals surface area contributed by atoms with Crippen LogP contribution in [0.25, 0.3) is 0 Å². The van der Waals surface area contributed by atoms with Gasteiger partial charge in [0, 0.05) is 12.1 Å². The van der Waals surface area contributed by atoms with Crippen LogP contribution in [0.15, 0.2) is 18.2 Å². The van der Waals surface area contributed by atoms with Crippen LogP contribution >= 0.6 is 0 Å². The van der Waals surface area contributed by atoms with Crippen LogP contribution in [0.5, 0.6) is 5.75 Å². The Morgan fingerprint density at radius 1 is 1.11 bits per heavy atom. The first-order valence-corrected chi connectivity index (χ1v) is 13.8. The normalized spacial score (nSPS) is 18.9. The molecule has 3 unspecified atom stereocenters. The first-order valence-electron chi connectivity index (χ1n) is 13.8. The van der Waals surface area contributed by atoms with E-state index in [0.29, 0.717) is 17.5 Å². The van der Waals surface area contributed by atoms with E-state index < -0.39 is 23.8 Å². The van der Waals surface area contributed by atoms with E-state index in [4.69, 9.17) is 4.74 Å². The molecule has 0 heterocycles. The largest absolute Gasteiger partial charge is 0.508 e. The lowest BCUT2D eigenvalue weighted by molar-refractivity contribution is -0.144. The summed E-state index contributed by atoms with van der Waals surface area (Å²) in [6.07, 6.45) is 6.82. The lowest BCUT2D eigenvalue weighted by Crippen LogP contribution is -2.56. The van der Waals surface area contributed by atoms with E-state index in [-0.39, 0.29) is 35.6 Å². The maximum absolute atomic E-state index is 14.2. The summed E-state index contributed by atoms with van der Waals surface area (Å²) < 4.78 is 5.46. The average Bonchev–Trinajstić information content (AvgIpc) is 3.66. The van der Waals surface area contributed by atoms with Crippen molar-refractivity contribution in [2.45, 2.75) is 123 Å². The molecule has 3 atom stereocenters. The van der Waals surface area contributed by atoms with Gasteiger partial charge >= 0.3 is 6.09 Å². The Balaban J connectivity index is 1.97. The number of phenolic OH excluding ortho intramolecular Hbond substituents is 1. The highest BCUT2D eigenvalue weighted by atomic mass is 16.6. The van der Waals surface area contributed by atoms with E-state index in [1.807, 2.05) is 13.8 Å². The van der Waals surface area contributed by atoms with Crippen LogP contribution in [0, 0.1) is 12.8 Å². The van der Waals surface area contributed by atoms with Crippen LogP contribution in [0.2, 0.25) is 0 Å². The van der Waals surface area contributed by atoms with Crippen LogP contribution in [0.1, 0.15) is 103 Å². The van der Waals surface area contributed by atoms with Crippen LogP contribution in [-0.4, -0.2) is 51.6 Å². The molecule has 0 aromatic heterocycles. The fourth-order valence-corrected chi connectivity index (χ4v) is 4.96. The molecule has 0 radical (unpaired) electrons. The number of nitrogens with zero attached hydrogens (tertiary/aromatic N) is 1. The van der Waals surface area contributed by atoms with Gasteiger partial charge in [-0.05, 0) is 82.6 Å². The second kappa shape index (κ2) is 12.2. The summed E-state index contributed by atoms with van der Waals surface area (Å²) in [4.78, 5) is 42.5. The van der Waals surface area contributed by atoms with Gasteiger partial charge in [-0.1, -0.05) is 45.6 Å². The Morgan fingerprint density at radius 2 is 1.76 bits per heavy atom. The van der Waals surface area contributed by atoms with E-state index in [2.05, 4.69) is 10.6 Å². The van der Waals surface area contributed by atoms with E-state index in [1.165, 1.54) is 6.42 Å². The monoisotopic (exact) mass is 515 g/mol. The molecule has 2 fully saturated rings. The summed E-state index contributed by atoms with van der Waals surface area (Å²) in [7, 11) is 0. The van der Waals surface area contributed by atoms with Crippen molar-refractivity contribution in [3.8, 4) is 5.75 Å². The SMILES string of the molecule is CCC(C)C(NC(=O)OC(C)(C)C)C(=O)N(C1CC1)C(C(=O)NC1CCCCC1)c1ccc(O)c(C)c1. The fraction of sp³-hybridized carbons (Fsp3) is 0.690. The third-order valence-corrected chi connectivity index (χ3v) is 7.36. The van der Waals surface area contributed by atoms with Crippen molar-refractivity contribution >= 4 is 17.9 Å². The zero-order valence-corrected chi connectivity index (χ0v) is 23.3. The number of amides is 3. The standard InChI is InChI=1S/C29H45N3O5/c1-7-18(2)24(31-28(36)37-29(4,5)6)27(35)32(22-14-15-22)25(20-13-16-23(33)19(3)17-20)26(34)30-21-11-9-8-10-12-21/h13,16-18,21-22,24-25,33H,7-12,14-15H2,1-6H3,(H,30,34)(H,31,36). The Kier molecular flexibility index (Phi) is 9.48. The minimum Gasteiger partial charge on any atom is -0.508 e. The first kappa shape index (κ1) is 28.8. The lowest BCUT2D eigenvalue weighted by Gasteiger charge is -2.37. The van der Waals surface area contributed by atoms with Crippen LogP contribution in [0.4, 0.5) is 4.79 Å². The molecule has 3 N–H and O–H groups in total. The predicted octanol–water partition coefficient (Wildman–Crippen LogP) is 5.12. The van der Waals surface area contributed by atoms with Crippen LogP contribution in [-0.2, 0) is 14.3 Å². The fourth-order valence-electron chi connectivity index (χ4n) is 4.96. The van der Waals surface area contributed by atoms with Crippen molar-refractivity contribution in [3.63, 3.8) is 0 Å². The number of nitrogens with one attached hydrogen (secondary N) is 2. The van der Waals surface area contributed by atoms with Gasteiger partial charge in [0.05, 0.1) is 0 Å². The Labute approximate surface area is 221 Å². The minimum atomic E-state index is -0.854. The highest BCUT2D eigenvalue weighted by molar-refractivity contribution is 5.93. The second-order valence-electron chi connectivity index (χ2n) is 11.8. The average molecular weight is 516 g/mol. The number of carbonyl (C=O) groups is 3. The number of ether oxygens (including phenoxy) is 1. The zero-order chi connectivity index (χ0) is 27.3. The number of hydrogen-bond donors (Lipinski definition) is 3. The summed E-state index contributed by atoms with van der Waals surface area (Å²) >= 11 is 0. The summed E-state index contributed by atoms with van der Waals surface area (Å²) in [5.41, 5.74) is 0.598. The lowest BCUT2D eigenvalue weighted by atomic mass is 9.93. The van der Waals surface area contributed by atoms with Gasteiger partial charge in [-0.2, -0.15) is 0 Å². The van der Waals surface area contributed by atoms with Crippen molar-refractivity contribution in [3.05, 3.63) is 29.3 Å². The molecule has 0 bridgehead atoms. The molecule has 206 valence electrons. The molecule has 2 saturated carbocycles. The third kappa shape index (κ3) is 7.86.